The Morgan fingerprint density at radius 1 is 1.38 bits per heavy atom. The summed E-state index contributed by atoms with van der Waals surface area (Å²) in [4.78, 5) is 34.1. The van der Waals surface area contributed by atoms with Crippen LogP contribution in [0.1, 0.15) is 34.2 Å². The molecule has 1 atom stereocenters. The third-order valence-electron chi connectivity index (χ3n) is 3.47. The average molecular weight is 332 g/mol. The van der Waals surface area contributed by atoms with Crippen LogP contribution in [0.4, 0.5) is 5.69 Å². The molecule has 1 heterocycles. The van der Waals surface area contributed by atoms with Gasteiger partial charge in [0, 0.05) is 7.05 Å². The van der Waals surface area contributed by atoms with Crippen molar-refractivity contribution in [2.45, 2.75) is 19.4 Å². The Morgan fingerprint density at radius 2 is 2.00 bits per heavy atom. The van der Waals surface area contributed by atoms with E-state index in [-0.39, 0.29) is 17.8 Å². The molecule has 0 fully saturated rings. The van der Waals surface area contributed by atoms with E-state index in [4.69, 9.17) is 5.11 Å². The van der Waals surface area contributed by atoms with Gasteiger partial charge in [0.2, 0.25) is 5.69 Å². The van der Waals surface area contributed by atoms with Crippen LogP contribution in [0.2, 0.25) is 0 Å². The van der Waals surface area contributed by atoms with Gasteiger partial charge in [-0.1, -0.05) is 30.3 Å². The standard InChI is InChI=1S/C15H16N4O5/c1-9-13(19(23)24)14(18(2)17-9)15(22)16-11(8-12(20)21)10-6-4-3-5-7-10/h3-7,11H,8H2,1-2H3,(H,16,22)(H,20,21). The summed E-state index contributed by atoms with van der Waals surface area (Å²) in [6, 6.07) is 7.73. The van der Waals surface area contributed by atoms with Gasteiger partial charge in [0.15, 0.2) is 0 Å². The van der Waals surface area contributed by atoms with Crippen LogP contribution in [-0.2, 0) is 11.8 Å². The summed E-state index contributed by atoms with van der Waals surface area (Å²) in [6.45, 7) is 1.43. The highest BCUT2D eigenvalue weighted by Gasteiger charge is 2.31. The molecule has 0 aliphatic rings. The van der Waals surface area contributed by atoms with Crippen LogP contribution in [0.3, 0.4) is 0 Å². The van der Waals surface area contributed by atoms with Crippen LogP contribution in [0, 0.1) is 17.0 Å². The summed E-state index contributed by atoms with van der Waals surface area (Å²) < 4.78 is 1.12. The van der Waals surface area contributed by atoms with Crippen molar-refractivity contribution in [2.75, 3.05) is 0 Å². The number of rotatable bonds is 6. The summed E-state index contributed by atoms with van der Waals surface area (Å²) in [6.07, 6.45) is -0.347. The highest BCUT2D eigenvalue weighted by atomic mass is 16.6. The van der Waals surface area contributed by atoms with Crippen LogP contribution < -0.4 is 5.32 Å². The van der Waals surface area contributed by atoms with E-state index >= 15 is 0 Å². The molecule has 0 aliphatic carbocycles. The Labute approximate surface area is 137 Å². The molecule has 126 valence electrons. The Balaban J connectivity index is 2.35. The number of hydrogen-bond acceptors (Lipinski definition) is 5. The van der Waals surface area contributed by atoms with Gasteiger partial charge in [-0.05, 0) is 12.5 Å². The van der Waals surface area contributed by atoms with Crippen molar-refractivity contribution < 1.29 is 19.6 Å². The van der Waals surface area contributed by atoms with Gasteiger partial charge in [-0.3, -0.25) is 24.4 Å². The van der Waals surface area contributed by atoms with Crippen molar-refractivity contribution in [2.24, 2.45) is 7.05 Å². The number of aromatic nitrogens is 2. The molecule has 0 bridgehead atoms. The molecule has 2 aromatic rings. The summed E-state index contributed by atoms with van der Waals surface area (Å²) in [5, 5.41) is 26.7. The zero-order chi connectivity index (χ0) is 17.9. The molecular formula is C15H16N4O5. The summed E-state index contributed by atoms with van der Waals surface area (Å²) >= 11 is 0. The number of nitrogens with one attached hydrogen (secondary N) is 1. The fraction of sp³-hybridized carbons (Fsp3) is 0.267. The van der Waals surface area contributed by atoms with Crippen LogP contribution in [-0.4, -0.2) is 31.7 Å². The van der Waals surface area contributed by atoms with Crippen LogP contribution >= 0.6 is 0 Å². The minimum absolute atomic E-state index is 0.113. The number of hydrogen-bond donors (Lipinski definition) is 2. The van der Waals surface area contributed by atoms with E-state index in [0.717, 1.165) is 4.68 Å². The lowest BCUT2D eigenvalue weighted by atomic mass is 10.0. The zero-order valence-corrected chi connectivity index (χ0v) is 13.1. The van der Waals surface area contributed by atoms with Crippen LogP contribution in [0.25, 0.3) is 0 Å². The van der Waals surface area contributed by atoms with Gasteiger partial charge in [-0.15, -0.1) is 0 Å². The minimum Gasteiger partial charge on any atom is -0.481 e. The highest BCUT2D eigenvalue weighted by Crippen LogP contribution is 2.24. The quantitative estimate of drug-likeness (QED) is 0.610. The van der Waals surface area contributed by atoms with Gasteiger partial charge in [-0.2, -0.15) is 5.10 Å². The van der Waals surface area contributed by atoms with Gasteiger partial charge in [0.1, 0.15) is 5.69 Å². The molecule has 0 saturated heterocycles. The number of carbonyl (C=O) groups is 2. The molecule has 24 heavy (non-hydrogen) atoms. The summed E-state index contributed by atoms with van der Waals surface area (Å²) in [7, 11) is 1.42. The molecule has 1 aromatic heterocycles. The molecule has 2 N–H and O–H groups in total. The van der Waals surface area contributed by atoms with Crippen molar-refractivity contribution in [3.63, 3.8) is 0 Å². The monoisotopic (exact) mass is 332 g/mol. The van der Waals surface area contributed by atoms with E-state index in [9.17, 15) is 19.7 Å². The normalized spacial score (nSPS) is 11.8. The van der Waals surface area contributed by atoms with E-state index in [2.05, 4.69) is 10.4 Å². The second kappa shape index (κ2) is 6.90. The maximum Gasteiger partial charge on any atom is 0.322 e. The number of benzene rings is 1. The Morgan fingerprint density at radius 3 is 2.54 bits per heavy atom. The fourth-order valence-electron chi connectivity index (χ4n) is 2.46. The second-order valence-corrected chi connectivity index (χ2v) is 5.20. The predicted molar refractivity (Wildman–Crippen MR) is 83.5 cm³/mol. The Bertz CT molecular complexity index is 785. The first-order valence-electron chi connectivity index (χ1n) is 7.06. The molecule has 9 heteroatoms. The molecule has 1 unspecified atom stereocenters. The minimum atomic E-state index is -1.10. The summed E-state index contributed by atoms with van der Waals surface area (Å²) in [5.74, 6) is -1.85. The molecule has 0 aliphatic heterocycles. The number of amides is 1. The molecule has 9 nitrogen and oxygen atoms in total. The maximum absolute atomic E-state index is 12.5. The molecule has 0 spiro atoms. The molecule has 0 saturated carbocycles. The van der Waals surface area contributed by atoms with E-state index < -0.39 is 28.5 Å². The Kier molecular flexibility index (Phi) is 4.93. The maximum atomic E-state index is 12.5. The van der Waals surface area contributed by atoms with Gasteiger partial charge >= 0.3 is 11.7 Å². The van der Waals surface area contributed by atoms with Gasteiger partial charge < -0.3 is 10.4 Å². The first-order valence-corrected chi connectivity index (χ1v) is 7.06. The van der Waals surface area contributed by atoms with Gasteiger partial charge in [0.25, 0.3) is 5.91 Å². The fourth-order valence-corrected chi connectivity index (χ4v) is 2.46. The zero-order valence-electron chi connectivity index (χ0n) is 13.1. The Hall–Kier alpha value is -3.23. The van der Waals surface area contributed by atoms with Crippen LogP contribution in [0.5, 0.6) is 0 Å². The third kappa shape index (κ3) is 3.57. The lowest BCUT2D eigenvalue weighted by Crippen LogP contribution is -2.32. The van der Waals surface area contributed by atoms with Crippen molar-refractivity contribution in [3.8, 4) is 0 Å². The van der Waals surface area contributed by atoms with Crippen molar-refractivity contribution in [1.29, 1.82) is 0 Å². The molecule has 2 rings (SSSR count). The smallest absolute Gasteiger partial charge is 0.322 e. The van der Waals surface area contributed by atoms with Crippen molar-refractivity contribution >= 4 is 17.6 Å². The van der Waals surface area contributed by atoms with E-state index in [0.29, 0.717) is 5.56 Å². The topological polar surface area (TPSA) is 127 Å². The number of nitrogens with zero attached hydrogens (tertiary/aromatic N) is 3. The number of aryl methyl sites for hydroxylation is 2. The number of carbonyl (C=O) groups excluding carboxylic acids is 1. The molecule has 1 aromatic carbocycles. The lowest BCUT2D eigenvalue weighted by Gasteiger charge is -2.17. The van der Waals surface area contributed by atoms with E-state index in [1.165, 1.54) is 14.0 Å². The number of carboxylic acid groups (broad SMARTS) is 1. The van der Waals surface area contributed by atoms with Crippen molar-refractivity contribution in [1.82, 2.24) is 15.1 Å². The number of carboxylic acids is 1. The highest BCUT2D eigenvalue weighted by molar-refractivity contribution is 5.97. The SMILES string of the molecule is Cc1nn(C)c(C(=O)NC(CC(=O)O)c2ccccc2)c1[N+](=O)[O-]. The molecule has 0 radical (unpaired) electrons. The second-order valence-electron chi connectivity index (χ2n) is 5.20. The van der Waals surface area contributed by atoms with E-state index in [1.807, 2.05) is 0 Å². The van der Waals surface area contributed by atoms with E-state index in [1.54, 1.807) is 30.3 Å². The lowest BCUT2D eigenvalue weighted by molar-refractivity contribution is -0.385. The summed E-state index contributed by atoms with van der Waals surface area (Å²) in [5.41, 5.74) is 0.0953. The number of aliphatic carboxylic acids is 1. The molecule has 1 amide bonds. The van der Waals surface area contributed by atoms with Crippen LogP contribution in [0.15, 0.2) is 30.3 Å². The predicted octanol–water partition coefficient (Wildman–Crippen LogP) is 1.58. The van der Waals surface area contributed by atoms with Crippen molar-refractivity contribution in [3.05, 3.63) is 57.4 Å². The van der Waals surface area contributed by atoms with Gasteiger partial charge in [-0.25, -0.2) is 0 Å². The molecular weight excluding hydrogens is 316 g/mol. The first-order chi connectivity index (χ1) is 11.3. The third-order valence-corrected chi connectivity index (χ3v) is 3.47. The largest absolute Gasteiger partial charge is 0.481 e. The first kappa shape index (κ1) is 17.1. The van der Waals surface area contributed by atoms with Gasteiger partial charge in [0.05, 0.1) is 17.4 Å². The number of nitro groups is 1. The average Bonchev–Trinajstić information content (AvgIpc) is 2.81.